The van der Waals surface area contributed by atoms with Crippen molar-refractivity contribution in [2.24, 2.45) is 0 Å². The minimum Gasteiger partial charge on any atom is -0.144 e. The van der Waals surface area contributed by atoms with E-state index < -0.39 is 0 Å². The average Bonchev–Trinajstić information content (AvgIpc) is 2.37. The van der Waals surface area contributed by atoms with Gasteiger partial charge in [-0.1, -0.05) is 6.08 Å². The third-order valence-corrected chi connectivity index (χ3v) is 2.65. The van der Waals surface area contributed by atoms with Crippen molar-refractivity contribution in [1.29, 1.82) is 0 Å². The number of halogens is 1. The van der Waals surface area contributed by atoms with E-state index in [0.29, 0.717) is 5.88 Å². The van der Waals surface area contributed by atoms with Gasteiger partial charge >= 0.3 is 0 Å². The van der Waals surface area contributed by atoms with E-state index in [0.717, 1.165) is 6.42 Å². The molecular formula is C9H11ClS. The lowest BCUT2D eigenvalue weighted by atomic mass is 10.2. The van der Waals surface area contributed by atoms with Crippen LogP contribution >= 0.6 is 22.9 Å². The molecule has 0 aliphatic rings. The van der Waals surface area contributed by atoms with Crippen molar-refractivity contribution in [1.82, 2.24) is 0 Å². The Kier molecular flexibility index (Phi) is 3.67. The van der Waals surface area contributed by atoms with Gasteiger partial charge in [-0.2, -0.15) is 0 Å². The molecule has 0 spiro atoms. The summed E-state index contributed by atoms with van der Waals surface area (Å²) in [5.41, 5.74) is 1.35. The highest BCUT2D eigenvalue weighted by Gasteiger charge is 1.92. The molecule has 1 heterocycles. The first-order valence-electron chi connectivity index (χ1n) is 3.61. The van der Waals surface area contributed by atoms with Crippen LogP contribution in [0.2, 0.25) is 0 Å². The number of alkyl halides is 1. The standard InChI is InChI=1S/C9H11ClS/c1-8-5-7-11-9(8)4-2-3-6-10/h2,4-5,7H,3,6H2,1H3. The molecule has 0 aliphatic carbocycles. The van der Waals surface area contributed by atoms with Crippen LogP contribution in [0.15, 0.2) is 17.5 Å². The Labute approximate surface area is 76.5 Å². The van der Waals surface area contributed by atoms with Gasteiger partial charge in [0.15, 0.2) is 0 Å². The van der Waals surface area contributed by atoms with E-state index >= 15 is 0 Å². The van der Waals surface area contributed by atoms with Crippen molar-refractivity contribution in [3.05, 3.63) is 28.0 Å². The molecule has 1 aromatic heterocycles. The fourth-order valence-electron chi connectivity index (χ4n) is 0.809. The van der Waals surface area contributed by atoms with Crippen LogP contribution in [-0.4, -0.2) is 5.88 Å². The molecule has 0 amide bonds. The average molecular weight is 187 g/mol. The van der Waals surface area contributed by atoms with E-state index in [9.17, 15) is 0 Å². The minimum absolute atomic E-state index is 0.709. The topological polar surface area (TPSA) is 0 Å². The molecule has 0 N–H and O–H groups in total. The van der Waals surface area contributed by atoms with Crippen LogP contribution in [0.1, 0.15) is 16.9 Å². The van der Waals surface area contributed by atoms with Gasteiger partial charge in [0.05, 0.1) is 0 Å². The molecule has 0 bridgehead atoms. The molecule has 60 valence electrons. The zero-order valence-corrected chi connectivity index (χ0v) is 8.08. The van der Waals surface area contributed by atoms with Crippen molar-refractivity contribution < 1.29 is 0 Å². The van der Waals surface area contributed by atoms with Crippen molar-refractivity contribution in [2.45, 2.75) is 13.3 Å². The summed E-state index contributed by atoms with van der Waals surface area (Å²) in [6.07, 6.45) is 5.22. The van der Waals surface area contributed by atoms with Crippen LogP contribution in [0, 0.1) is 6.92 Å². The van der Waals surface area contributed by atoms with Gasteiger partial charge < -0.3 is 0 Å². The van der Waals surface area contributed by atoms with E-state index in [4.69, 9.17) is 11.6 Å². The first kappa shape index (κ1) is 8.82. The molecule has 0 unspecified atom stereocenters. The molecular weight excluding hydrogens is 176 g/mol. The van der Waals surface area contributed by atoms with E-state index in [1.807, 2.05) is 0 Å². The van der Waals surface area contributed by atoms with Crippen LogP contribution in [0.3, 0.4) is 0 Å². The Hall–Kier alpha value is -0.270. The third kappa shape index (κ3) is 2.68. The Morgan fingerprint density at radius 3 is 3.00 bits per heavy atom. The SMILES string of the molecule is Cc1ccsc1C=CCCCl. The van der Waals surface area contributed by atoms with Crippen LogP contribution < -0.4 is 0 Å². The third-order valence-electron chi connectivity index (χ3n) is 1.45. The van der Waals surface area contributed by atoms with Crippen molar-refractivity contribution >= 4 is 29.0 Å². The highest BCUT2D eigenvalue weighted by molar-refractivity contribution is 7.11. The van der Waals surface area contributed by atoms with Gasteiger partial charge in [-0.3, -0.25) is 0 Å². The summed E-state index contributed by atoms with van der Waals surface area (Å²) in [4.78, 5) is 1.34. The van der Waals surface area contributed by atoms with Gasteiger partial charge in [-0.15, -0.1) is 22.9 Å². The normalized spacial score (nSPS) is 11.1. The Balaban J connectivity index is 2.56. The molecule has 0 saturated heterocycles. The van der Waals surface area contributed by atoms with Crippen molar-refractivity contribution in [3.8, 4) is 0 Å². The van der Waals surface area contributed by atoms with E-state index in [1.54, 1.807) is 11.3 Å². The molecule has 2 heteroatoms. The summed E-state index contributed by atoms with van der Waals surface area (Å²) >= 11 is 7.30. The summed E-state index contributed by atoms with van der Waals surface area (Å²) in [6, 6.07) is 2.13. The summed E-state index contributed by atoms with van der Waals surface area (Å²) < 4.78 is 0. The zero-order chi connectivity index (χ0) is 8.10. The molecule has 0 aromatic carbocycles. The lowest BCUT2D eigenvalue weighted by Crippen LogP contribution is -1.69. The van der Waals surface area contributed by atoms with Gasteiger partial charge in [-0.25, -0.2) is 0 Å². The van der Waals surface area contributed by atoms with Crippen LogP contribution in [0.25, 0.3) is 6.08 Å². The first-order chi connectivity index (χ1) is 5.34. The van der Waals surface area contributed by atoms with Gasteiger partial charge in [0.2, 0.25) is 0 Å². The predicted octanol–water partition coefficient (Wildman–Crippen LogP) is 3.70. The molecule has 11 heavy (non-hydrogen) atoms. The van der Waals surface area contributed by atoms with Gasteiger partial charge in [0.1, 0.15) is 0 Å². The number of hydrogen-bond donors (Lipinski definition) is 0. The predicted molar refractivity (Wildman–Crippen MR) is 53.4 cm³/mol. The van der Waals surface area contributed by atoms with Crippen molar-refractivity contribution in [2.75, 3.05) is 5.88 Å². The minimum atomic E-state index is 0.709. The van der Waals surface area contributed by atoms with Crippen LogP contribution in [0.5, 0.6) is 0 Å². The first-order valence-corrected chi connectivity index (χ1v) is 5.02. The molecule has 0 radical (unpaired) electrons. The number of allylic oxidation sites excluding steroid dienone is 1. The molecule has 0 saturated carbocycles. The van der Waals surface area contributed by atoms with Crippen LogP contribution in [0.4, 0.5) is 0 Å². The molecule has 1 aromatic rings. The summed E-state index contributed by atoms with van der Waals surface area (Å²) in [5.74, 6) is 0.709. The fraction of sp³-hybridized carbons (Fsp3) is 0.333. The van der Waals surface area contributed by atoms with Crippen molar-refractivity contribution in [3.63, 3.8) is 0 Å². The number of aryl methyl sites for hydroxylation is 1. The van der Waals surface area contributed by atoms with E-state index in [1.165, 1.54) is 10.4 Å². The lowest BCUT2D eigenvalue weighted by molar-refractivity contribution is 1.24. The van der Waals surface area contributed by atoms with Gasteiger partial charge in [-0.05, 0) is 36.4 Å². The maximum Gasteiger partial charge on any atom is 0.0296 e. The second-order valence-corrected chi connectivity index (χ2v) is 3.67. The summed E-state index contributed by atoms with van der Waals surface area (Å²) in [6.45, 7) is 2.12. The smallest absolute Gasteiger partial charge is 0.0296 e. The molecule has 0 nitrogen and oxygen atoms in total. The van der Waals surface area contributed by atoms with Crippen LogP contribution in [-0.2, 0) is 0 Å². The second kappa shape index (κ2) is 4.58. The fourth-order valence-corrected chi connectivity index (χ4v) is 1.78. The second-order valence-electron chi connectivity index (χ2n) is 2.35. The van der Waals surface area contributed by atoms with E-state index in [2.05, 4.69) is 30.5 Å². The zero-order valence-electron chi connectivity index (χ0n) is 6.51. The highest BCUT2D eigenvalue weighted by Crippen LogP contribution is 2.17. The number of thiophene rings is 1. The number of hydrogen-bond acceptors (Lipinski definition) is 1. The lowest BCUT2D eigenvalue weighted by Gasteiger charge is -1.87. The molecule has 1 rings (SSSR count). The van der Waals surface area contributed by atoms with Gasteiger partial charge in [0, 0.05) is 10.8 Å². The highest BCUT2D eigenvalue weighted by atomic mass is 35.5. The Bertz CT molecular complexity index is 237. The summed E-state index contributed by atoms with van der Waals surface area (Å²) in [7, 11) is 0. The Morgan fingerprint density at radius 1 is 1.64 bits per heavy atom. The largest absolute Gasteiger partial charge is 0.144 e. The van der Waals surface area contributed by atoms with Gasteiger partial charge in [0.25, 0.3) is 0 Å². The van der Waals surface area contributed by atoms with E-state index in [-0.39, 0.29) is 0 Å². The maximum atomic E-state index is 5.53. The molecule has 0 aliphatic heterocycles. The quantitative estimate of drug-likeness (QED) is 0.632. The monoisotopic (exact) mass is 186 g/mol. The Morgan fingerprint density at radius 2 is 2.45 bits per heavy atom. The molecule has 0 fully saturated rings. The number of rotatable bonds is 3. The molecule has 0 atom stereocenters. The summed E-state index contributed by atoms with van der Waals surface area (Å²) in [5, 5.41) is 2.11. The maximum absolute atomic E-state index is 5.53.